The van der Waals surface area contributed by atoms with E-state index in [1.165, 1.54) is 6.92 Å². The molecule has 6 heavy (non-hydrogen) atoms. The maximum absolute atomic E-state index is 7.86. The van der Waals surface area contributed by atoms with E-state index in [4.69, 9.17) is 5.11 Å². The molecule has 1 heteroatoms. The van der Waals surface area contributed by atoms with Crippen molar-refractivity contribution in [3.63, 3.8) is 0 Å². The summed E-state index contributed by atoms with van der Waals surface area (Å²) in [6.45, 7) is 8.64. The summed E-state index contributed by atoms with van der Waals surface area (Å²) >= 11 is 0. The van der Waals surface area contributed by atoms with Gasteiger partial charge in [-0.25, -0.2) is 0 Å². The van der Waals surface area contributed by atoms with E-state index >= 15 is 0 Å². The van der Waals surface area contributed by atoms with E-state index < -0.39 is 0 Å². The Balaban J connectivity index is 0. The molecule has 1 nitrogen and oxygen atoms in total. The predicted octanol–water partition coefficient (Wildman–Crippen LogP) is 2.10. The summed E-state index contributed by atoms with van der Waals surface area (Å²) in [6, 6.07) is 0. The third-order valence-corrected chi connectivity index (χ3v) is 0. The molecule has 38 valence electrons. The van der Waals surface area contributed by atoms with Gasteiger partial charge in [-0.3, -0.25) is 0 Å². The molecular weight excluding hydrogens is 76.1 g/mol. The van der Waals surface area contributed by atoms with Crippen LogP contribution in [0.15, 0.2) is 12.3 Å². The number of aliphatic hydroxyl groups is 1. The maximum atomic E-state index is 7.86. The molecule has 0 aromatic rings. The number of allylic oxidation sites excluding steroid dienone is 1. The summed E-state index contributed by atoms with van der Waals surface area (Å²) < 4.78 is 0. The number of aliphatic hydroxyl groups excluding tert-OH is 1. The van der Waals surface area contributed by atoms with Gasteiger partial charge in [0.2, 0.25) is 0 Å². The Morgan fingerprint density at radius 3 is 1.50 bits per heavy atom. The number of hydrogen-bond donors (Lipinski definition) is 1. The normalized spacial score (nSPS) is 5.17. The summed E-state index contributed by atoms with van der Waals surface area (Å²) in [5, 5.41) is 7.86. The highest BCUT2D eigenvalue weighted by Gasteiger charge is 1.53. The molecule has 0 aliphatic carbocycles. The Kier molecular flexibility index (Phi) is 13.4. The second-order valence-corrected chi connectivity index (χ2v) is 0.735. The minimum Gasteiger partial charge on any atom is -0.513 e. The molecule has 0 saturated heterocycles. The molecule has 0 aromatic heterocycles. The van der Waals surface area contributed by atoms with Crippen LogP contribution in [0.5, 0.6) is 0 Å². The number of hydrogen-bond acceptors (Lipinski definition) is 1. The maximum Gasteiger partial charge on any atom is 0.0820 e. The molecule has 0 saturated carbocycles. The Bertz CT molecular complexity index is 26.9. The van der Waals surface area contributed by atoms with Crippen LogP contribution in [0.2, 0.25) is 0 Å². The lowest BCUT2D eigenvalue weighted by atomic mass is 10.7. The first-order valence-electron chi connectivity index (χ1n) is 2.08. The molecule has 0 aliphatic heterocycles. The van der Waals surface area contributed by atoms with Crippen LogP contribution in [-0.2, 0) is 0 Å². The minimum absolute atomic E-state index is 0.167. The number of rotatable bonds is 0. The average Bonchev–Trinajstić information content (AvgIpc) is 1.41. The molecule has 0 aromatic carbocycles. The van der Waals surface area contributed by atoms with E-state index in [0.717, 1.165) is 0 Å². The smallest absolute Gasteiger partial charge is 0.0820 e. The molecule has 0 atom stereocenters. The van der Waals surface area contributed by atoms with Crippen LogP contribution in [0.25, 0.3) is 0 Å². The quantitative estimate of drug-likeness (QED) is 0.449. The molecule has 0 amide bonds. The average molecular weight is 88.1 g/mol. The van der Waals surface area contributed by atoms with Gasteiger partial charge in [0.05, 0.1) is 5.76 Å². The fraction of sp³-hybridized carbons (Fsp3) is 0.600. The molecule has 0 unspecified atom stereocenters. The lowest BCUT2D eigenvalue weighted by molar-refractivity contribution is 0.417. The predicted molar refractivity (Wildman–Crippen MR) is 28.8 cm³/mol. The van der Waals surface area contributed by atoms with Crippen molar-refractivity contribution >= 4 is 0 Å². The third-order valence-electron chi connectivity index (χ3n) is 0. The second kappa shape index (κ2) is 8.82. The van der Waals surface area contributed by atoms with Crippen molar-refractivity contribution in [2.45, 2.75) is 20.8 Å². The minimum atomic E-state index is 0.167. The van der Waals surface area contributed by atoms with Crippen LogP contribution in [-0.4, -0.2) is 5.11 Å². The van der Waals surface area contributed by atoms with Crippen LogP contribution in [0.3, 0.4) is 0 Å². The topological polar surface area (TPSA) is 20.2 Å². The zero-order valence-corrected chi connectivity index (χ0v) is 4.65. The first-order chi connectivity index (χ1) is 2.73. The molecule has 0 spiro atoms. The molecular formula is C5H12O. The van der Waals surface area contributed by atoms with Crippen LogP contribution in [0.1, 0.15) is 20.8 Å². The first-order valence-corrected chi connectivity index (χ1v) is 2.08. The van der Waals surface area contributed by atoms with Gasteiger partial charge in [0.1, 0.15) is 0 Å². The van der Waals surface area contributed by atoms with E-state index in [2.05, 4.69) is 6.58 Å². The molecule has 0 fully saturated rings. The summed E-state index contributed by atoms with van der Waals surface area (Å²) in [4.78, 5) is 0. The Labute approximate surface area is 39.3 Å². The fourth-order valence-corrected chi connectivity index (χ4v) is 0. The Morgan fingerprint density at radius 2 is 1.50 bits per heavy atom. The van der Waals surface area contributed by atoms with Gasteiger partial charge in [-0.2, -0.15) is 0 Å². The zero-order chi connectivity index (χ0) is 5.58. The van der Waals surface area contributed by atoms with Crippen molar-refractivity contribution in [3.8, 4) is 0 Å². The van der Waals surface area contributed by atoms with Crippen LogP contribution in [0, 0.1) is 0 Å². The van der Waals surface area contributed by atoms with Crippen molar-refractivity contribution in [1.82, 2.24) is 0 Å². The van der Waals surface area contributed by atoms with E-state index in [0.29, 0.717) is 0 Å². The summed E-state index contributed by atoms with van der Waals surface area (Å²) in [7, 11) is 0. The van der Waals surface area contributed by atoms with E-state index in [1.807, 2.05) is 13.8 Å². The van der Waals surface area contributed by atoms with Gasteiger partial charge in [0.15, 0.2) is 0 Å². The highest BCUT2D eigenvalue weighted by molar-refractivity contribution is 4.67. The van der Waals surface area contributed by atoms with Crippen molar-refractivity contribution in [1.29, 1.82) is 0 Å². The first kappa shape index (κ1) is 9.11. The second-order valence-electron chi connectivity index (χ2n) is 0.735. The lowest BCUT2D eigenvalue weighted by Crippen LogP contribution is -1.54. The highest BCUT2D eigenvalue weighted by Crippen LogP contribution is 1.66. The molecule has 0 heterocycles. The van der Waals surface area contributed by atoms with Crippen LogP contribution < -0.4 is 0 Å². The van der Waals surface area contributed by atoms with Crippen molar-refractivity contribution in [3.05, 3.63) is 12.3 Å². The monoisotopic (exact) mass is 88.1 g/mol. The van der Waals surface area contributed by atoms with E-state index in [1.54, 1.807) is 0 Å². The summed E-state index contributed by atoms with van der Waals surface area (Å²) in [6.07, 6.45) is 0. The van der Waals surface area contributed by atoms with Crippen molar-refractivity contribution < 1.29 is 5.11 Å². The summed E-state index contributed by atoms with van der Waals surface area (Å²) in [5.41, 5.74) is 0. The fourth-order valence-electron chi connectivity index (χ4n) is 0. The van der Waals surface area contributed by atoms with Gasteiger partial charge in [0, 0.05) is 0 Å². The third kappa shape index (κ3) is 108. The molecule has 1 N–H and O–H groups in total. The van der Waals surface area contributed by atoms with E-state index in [9.17, 15) is 0 Å². The standard InChI is InChI=1S/C3H6O.C2H6/c1-3(2)4;1-2/h4H,1H2,2H3;1-2H3. The SMILES string of the molecule is C=C(C)O.CC. The Hall–Kier alpha value is -0.460. The molecule has 0 radical (unpaired) electrons. The van der Waals surface area contributed by atoms with E-state index in [-0.39, 0.29) is 5.76 Å². The van der Waals surface area contributed by atoms with Gasteiger partial charge in [-0.05, 0) is 6.92 Å². The summed E-state index contributed by atoms with van der Waals surface area (Å²) in [5.74, 6) is 0.167. The van der Waals surface area contributed by atoms with Gasteiger partial charge in [0.25, 0.3) is 0 Å². The van der Waals surface area contributed by atoms with Gasteiger partial charge in [-0.15, -0.1) is 0 Å². The molecule has 0 rings (SSSR count). The van der Waals surface area contributed by atoms with Crippen LogP contribution in [0.4, 0.5) is 0 Å². The van der Waals surface area contributed by atoms with Gasteiger partial charge >= 0.3 is 0 Å². The Morgan fingerprint density at radius 1 is 1.50 bits per heavy atom. The molecule has 0 bridgehead atoms. The lowest BCUT2D eigenvalue weighted by Gasteiger charge is -1.68. The highest BCUT2D eigenvalue weighted by atomic mass is 16.3. The zero-order valence-electron chi connectivity index (χ0n) is 4.65. The van der Waals surface area contributed by atoms with Crippen LogP contribution >= 0.6 is 0 Å². The largest absolute Gasteiger partial charge is 0.513 e. The van der Waals surface area contributed by atoms with Crippen molar-refractivity contribution in [2.75, 3.05) is 0 Å². The molecule has 0 aliphatic rings. The van der Waals surface area contributed by atoms with Crippen molar-refractivity contribution in [2.24, 2.45) is 0 Å². The van der Waals surface area contributed by atoms with Gasteiger partial charge in [-0.1, -0.05) is 20.4 Å². The van der Waals surface area contributed by atoms with Gasteiger partial charge < -0.3 is 5.11 Å².